The van der Waals surface area contributed by atoms with Crippen LogP contribution in [-0.2, 0) is 9.59 Å². The minimum atomic E-state index is -0.392. The largest absolute Gasteiger partial charge is 0.322 e. The smallest absolute Gasteiger partial charge is 0.248 e. The van der Waals surface area contributed by atoms with E-state index >= 15 is 0 Å². The fourth-order valence-electron chi connectivity index (χ4n) is 2.76. The molecule has 0 unspecified atom stereocenters. The molecule has 1 aliphatic rings. The van der Waals surface area contributed by atoms with Gasteiger partial charge in [-0.3, -0.25) is 9.59 Å². The van der Waals surface area contributed by atoms with E-state index in [4.69, 9.17) is 0 Å². The number of hydrogen-bond donors (Lipinski definition) is 1. The molecule has 25 heavy (non-hydrogen) atoms. The first-order valence-corrected chi connectivity index (χ1v) is 8.18. The number of nitrogens with zero attached hydrogens (tertiary/aromatic N) is 1. The lowest BCUT2D eigenvalue weighted by molar-refractivity contribution is -0.117. The third-order valence-corrected chi connectivity index (χ3v) is 4.16. The fraction of sp³-hybridized carbons (Fsp3) is 0.200. The van der Waals surface area contributed by atoms with Crippen molar-refractivity contribution in [1.29, 1.82) is 0 Å². The molecular formula is C20H19FN2O2. The summed E-state index contributed by atoms with van der Waals surface area (Å²) in [5, 5.41) is 2.66. The molecule has 2 aromatic carbocycles. The van der Waals surface area contributed by atoms with Gasteiger partial charge in [0.1, 0.15) is 5.82 Å². The number of carbonyl (C=O) groups excluding carboxylic acids is 2. The van der Waals surface area contributed by atoms with Gasteiger partial charge in [-0.15, -0.1) is 0 Å². The molecule has 2 amide bonds. The maximum Gasteiger partial charge on any atom is 0.248 e. The van der Waals surface area contributed by atoms with Crippen LogP contribution in [0.15, 0.2) is 48.5 Å². The van der Waals surface area contributed by atoms with Gasteiger partial charge in [0.2, 0.25) is 11.8 Å². The van der Waals surface area contributed by atoms with Crippen molar-refractivity contribution < 1.29 is 14.0 Å². The molecular weight excluding hydrogens is 319 g/mol. The number of nitrogens with one attached hydrogen (secondary N) is 1. The first kappa shape index (κ1) is 16.9. The highest BCUT2D eigenvalue weighted by atomic mass is 19.1. The Bertz CT molecular complexity index is 828. The van der Waals surface area contributed by atoms with E-state index in [-0.39, 0.29) is 11.8 Å². The lowest BCUT2D eigenvalue weighted by Gasteiger charge is -2.15. The van der Waals surface area contributed by atoms with Crippen LogP contribution in [0.1, 0.15) is 24.0 Å². The lowest BCUT2D eigenvalue weighted by atomic mass is 10.1. The van der Waals surface area contributed by atoms with Crippen molar-refractivity contribution in [1.82, 2.24) is 0 Å². The van der Waals surface area contributed by atoms with Crippen LogP contribution in [0.2, 0.25) is 0 Å². The second-order valence-corrected chi connectivity index (χ2v) is 6.02. The molecule has 0 atom stereocenters. The summed E-state index contributed by atoms with van der Waals surface area (Å²) >= 11 is 0. The van der Waals surface area contributed by atoms with Gasteiger partial charge in [-0.05, 0) is 54.8 Å². The summed E-state index contributed by atoms with van der Waals surface area (Å²) in [4.78, 5) is 25.5. The van der Waals surface area contributed by atoms with E-state index in [0.29, 0.717) is 12.1 Å². The molecule has 5 heteroatoms. The average Bonchev–Trinajstić information content (AvgIpc) is 3.03. The summed E-state index contributed by atoms with van der Waals surface area (Å²) in [6, 6.07) is 11.7. The van der Waals surface area contributed by atoms with E-state index < -0.39 is 5.82 Å². The molecule has 1 heterocycles. The Labute approximate surface area is 146 Å². The molecule has 0 radical (unpaired) electrons. The zero-order valence-electron chi connectivity index (χ0n) is 14.0. The Morgan fingerprint density at radius 1 is 1.20 bits per heavy atom. The zero-order chi connectivity index (χ0) is 17.8. The van der Waals surface area contributed by atoms with E-state index in [2.05, 4.69) is 5.32 Å². The van der Waals surface area contributed by atoms with Crippen LogP contribution in [0, 0.1) is 12.7 Å². The van der Waals surface area contributed by atoms with Gasteiger partial charge in [-0.25, -0.2) is 4.39 Å². The van der Waals surface area contributed by atoms with Crippen molar-refractivity contribution in [3.05, 3.63) is 65.5 Å². The number of aryl methyl sites for hydroxylation is 1. The highest BCUT2D eigenvalue weighted by Gasteiger charge is 2.21. The average molecular weight is 338 g/mol. The van der Waals surface area contributed by atoms with Crippen LogP contribution < -0.4 is 10.2 Å². The van der Waals surface area contributed by atoms with Gasteiger partial charge in [0.15, 0.2) is 0 Å². The Kier molecular flexibility index (Phi) is 4.93. The number of anilines is 2. The topological polar surface area (TPSA) is 49.4 Å². The molecule has 1 saturated heterocycles. The van der Waals surface area contributed by atoms with Crippen molar-refractivity contribution in [2.45, 2.75) is 19.8 Å². The van der Waals surface area contributed by atoms with Crippen molar-refractivity contribution in [2.24, 2.45) is 0 Å². The standard InChI is InChI=1S/C20H19FN2O2/c1-14-4-8-16(21)13-18(14)22-19(24)11-7-15-5-9-17(10-6-15)23-12-2-3-20(23)25/h4-11,13H,2-3,12H2,1H3,(H,22,24). The van der Waals surface area contributed by atoms with E-state index in [9.17, 15) is 14.0 Å². The van der Waals surface area contributed by atoms with E-state index in [1.807, 2.05) is 24.3 Å². The zero-order valence-corrected chi connectivity index (χ0v) is 14.0. The summed E-state index contributed by atoms with van der Waals surface area (Å²) in [7, 11) is 0. The molecule has 1 fully saturated rings. The van der Waals surface area contributed by atoms with Crippen molar-refractivity contribution in [3.63, 3.8) is 0 Å². The molecule has 0 spiro atoms. The van der Waals surface area contributed by atoms with Crippen LogP contribution in [0.5, 0.6) is 0 Å². The number of halogens is 1. The second kappa shape index (κ2) is 7.30. The minimum absolute atomic E-state index is 0.146. The van der Waals surface area contributed by atoms with Gasteiger partial charge < -0.3 is 10.2 Å². The second-order valence-electron chi connectivity index (χ2n) is 6.02. The van der Waals surface area contributed by atoms with Crippen LogP contribution in [-0.4, -0.2) is 18.4 Å². The molecule has 0 saturated carbocycles. The van der Waals surface area contributed by atoms with E-state index in [0.717, 1.165) is 29.8 Å². The number of carbonyl (C=O) groups is 2. The van der Waals surface area contributed by atoms with Crippen LogP contribution in [0.3, 0.4) is 0 Å². The number of rotatable bonds is 4. The van der Waals surface area contributed by atoms with Gasteiger partial charge in [-0.1, -0.05) is 18.2 Å². The van der Waals surface area contributed by atoms with Gasteiger partial charge in [0, 0.05) is 30.4 Å². The van der Waals surface area contributed by atoms with Crippen LogP contribution in [0.25, 0.3) is 6.08 Å². The highest BCUT2D eigenvalue weighted by molar-refractivity contribution is 6.02. The molecule has 2 aromatic rings. The normalized spacial score (nSPS) is 14.3. The Morgan fingerprint density at radius 3 is 2.64 bits per heavy atom. The molecule has 4 nitrogen and oxygen atoms in total. The first-order valence-electron chi connectivity index (χ1n) is 8.18. The highest BCUT2D eigenvalue weighted by Crippen LogP contribution is 2.22. The summed E-state index contributed by atoms with van der Waals surface area (Å²) in [5.74, 6) is -0.572. The summed E-state index contributed by atoms with van der Waals surface area (Å²) < 4.78 is 13.2. The van der Waals surface area contributed by atoms with E-state index in [1.165, 1.54) is 18.2 Å². The minimum Gasteiger partial charge on any atom is -0.322 e. The summed E-state index contributed by atoms with van der Waals surface area (Å²) in [5.41, 5.74) is 2.97. The Morgan fingerprint density at radius 2 is 1.96 bits per heavy atom. The van der Waals surface area contributed by atoms with Gasteiger partial charge in [0.05, 0.1) is 0 Å². The number of amides is 2. The van der Waals surface area contributed by atoms with Crippen molar-refractivity contribution in [3.8, 4) is 0 Å². The van der Waals surface area contributed by atoms with Gasteiger partial charge in [0.25, 0.3) is 0 Å². The van der Waals surface area contributed by atoms with Crippen LogP contribution in [0.4, 0.5) is 15.8 Å². The van der Waals surface area contributed by atoms with Gasteiger partial charge in [-0.2, -0.15) is 0 Å². The molecule has 0 aromatic heterocycles. The maximum atomic E-state index is 13.2. The van der Waals surface area contributed by atoms with Crippen molar-refractivity contribution >= 4 is 29.3 Å². The third kappa shape index (κ3) is 4.12. The Balaban J connectivity index is 1.64. The van der Waals surface area contributed by atoms with Crippen LogP contribution >= 0.6 is 0 Å². The molecule has 128 valence electrons. The lowest BCUT2D eigenvalue weighted by Crippen LogP contribution is -2.23. The number of benzene rings is 2. The quantitative estimate of drug-likeness (QED) is 0.859. The molecule has 3 rings (SSSR count). The molecule has 1 N–H and O–H groups in total. The molecule has 0 aliphatic carbocycles. The summed E-state index contributed by atoms with van der Waals surface area (Å²) in [6.45, 7) is 2.56. The maximum absolute atomic E-state index is 13.2. The van der Waals surface area contributed by atoms with Gasteiger partial charge >= 0.3 is 0 Å². The predicted octanol–water partition coefficient (Wildman–Crippen LogP) is 3.91. The fourth-order valence-corrected chi connectivity index (χ4v) is 2.76. The molecule has 0 bridgehead atoms. The van der Waals surface area contributed by atoms with Crippen molar-refractivity contribution in [2.75, 3.05) is 16.8 Å². The predicted molar refractivity (Wildman–Crippen MR) is 96.8 cm³/mol. The molecule has 1 aliphatic heterocycles. The van der Waals surface area contributed by atoms with E-state index in [1.54, 1.807) is 24.0 Å². The monoisotopic (exact) mass is 338 g/mol. The number of hydrogen-bond acceptors (Lipinski definition) is 2. The SMILES string of the molecule is Cc1ccc(F)cc1NC(=O)C=Cc1ccc(N2CCCC2=O)cc1. The third-order valence-electron chi connectivity index (χ3n) is 4.16. The Hall–Kier alpha value is -2.95. The first-order chi connectivity index (χ1) is 12.0. The summed E-state index contributed by atoms with van der Waals surface area (Å²) in [6.07, 6.45) is 4.57.